The molecule has 3 aliphatic carbocycles. The molecule has 186 valence electrons. The fourth-order valence-corrected chi connectivity index (χ4v) is 6.32. The Bertz CT molecular complexity index is 1320. The molecule has 0 saturated carbocycles. The zero-order valence-corrected chi connectivity index (χ0v) is 23.0. The van der Waals surface area contributed by atoms with Gasteiger partial charge in [0, 0.05) is 16.9 Å². The first-order valence-electron chi connectivity index (χ1n) is 11.6. The summed E-state index contributed by atoms with van der Waals surface area (Å²) >= 11 is 1.82. The average Bonchev–Trinajstić information content (AvgIpc) is 2.92. The summed E-state index contributed by atoms with van der Waals surface area (Å²) in [6.07, 6.45) is 0. The molecule has 0 aliphatic heterocycles. The van der Waals surface area contributed by atoms with Crippen LogP contribution in [0.15, 0.2) is 114 Å². The van der Waals surface area contributed by atoms with Crippen LogP contribution in [0, 0.1) is 6.92 Å². The zero-order valence-electron chi connectivity index (χ0n) is 19.7. The van der Waals surface area contributed by atoms with E-state index in [9.17, 15) is 8.42 Å². The van der Waals surface area contributed by atoms with Crippen molar-refractivity contribution < 1.29 is 25.7 Å². The molecule has 0 saturated heterocycles. The number of fused-ring (bicyclic) bond motifs is 1. The van der Waals surface area contributed by atoms with Crippen LogP contribution in [0.1, 0.15) is 39.7 Å². The maximum atomic E-state index is 13.0. The number of sulfonamides is 1. The predicted molar refractivity (Wildman–Crippen MR) is 142 cm³/mol. The van der Waals surface area contributed by atoms with E-state index in [-0.39, 0.29) is 22.8 Å². The maximum absolute atomic E-state index is 13.0. The first-order chi connectivity index (χ1) is 17.5. The Morgan fingerprint density at radius 2 is 1.06 bits per heavy atom. The molecule has 2 N–H and O–H groups in total. The second kappa shape index (κ2) is 11.8. The zero-order chi connectivity index (χ0) is 25.7. The van der Waals surface area contributed by atoms with Gasteiger partial charge in [-0.15, -0.1) is 0 Å². The Hall–Kier alpha value is -2.34. The molecular formula is C29H27ClN2O2RuS. The quantitative estimate of drug-likeness (QED) is 0.275. The van der Waals surface area contributed by atoms with Crippen molar-refractivity contribution in [3.05, 3.63) is 142 Å². The van der Waals surface area contributed by atoms with Gasteiger partial charge in [-0.05, 0) is 47.2 Å². The normalized spacial score (nSPS) is 21.1. The fourth-order valence-electron chi connectivity index (χ4n) is 5.14. The van der Waals surface area contributed by atoms with Crippen molar-refractivity contribution in [2.75, 3.05) is 0 Å². The summed E-state index contributed by atoms with van der Waals surface area (Å²) in [7, 11) is 0.777. The van der Waals surface area contributed by atoms with E-state index in [4.69, 9.17) is 5.73 Å². The molecule has 4 aromatic carbocycles. The van der Waals surface area contributed by atoms with Crippen molar-refractivity contribution >= 4 is 19.7 Å². The largest absolute Gasteiger partial charge is 0.0623 e. The third-order valence-corrected chi connectivity index (χ3v) is 8.09. The van der Waals surface area contributed by atoms with Crippen LogP contribution in [0.4, 0.5) is 0 Å². The van der Waals surface area contributed by atoms with Crippen LogP contribution in [0.2, 0.25) is 0 Å². The number of hydrogen-bond acceptors (Lipinski definition) is 3. The minimum Gasteiger partial charge on any atom is -0.0623 e. The van der Waals surface area contributed by atoms with E-state index >= 15 is 0 Å². The van der Waals surface area contributed by atoms with Crippen LogP contribution < -0.4 is 5.73 Å². The van der Waals surface area contributed by atoms with E-state index in [2.05, 4.69) is 38.7 Å². The molecule has 0 spiro atoms. The Labute approximate surface area is 227 Å². The summed E-state index contributed by atoms with van der Waals surface area (Å²) in [6.45, 7) is 1.93. The number of rotatable bonds is 3. The van der Waals surface area contributed by atoms with Crippen LogP contribution in [-0.4, -0.2) is 20.5 Å². The van der Waals surface area contributed by atoms with Crippen molar-refractivity contribution in [2.45, 2.75) is 35.7 Å². The topological polar surface area (TPSA) is 74.3 Å². The van der Waals surface area contributed by atoms with Crippen LogP contribution in [0.25, 0.3) is 4.72 Å². The molecule has 0 aromatic heterocycles. The van der Waals surface area contributed by atoms with Crippen molar-refractivity contribution in [3.8, 4) is 0 Å². The first kappa shape index (κ1) is 26.7. The first-order valence-corrected chi connectivity index (χ1v) is 15.3. The second-order valence-electron chi connectivity index (χ2n) is 8.83. The Morgan fingerprint density at radius 3 is 1.47 bits per heavy atom. The van der Waals surface area contributed by atoms with E-state index in [1.54, 1.807) is 24.3 Å². The van der Waals surface area contributed by atoms with Gasteiger partial charge in [0.1, 0.15) is 10.0 Å². The van der Waals surface area contributed by atoms with Gasteiger partial charge in [-0.3, -0.25) is 0 Å². The summed E-state index contributed by atoms with van der Waals surface area (Å²) < 4.78 is 30.4. The Kier molecular flexibility index (Phi) is 8.76. The molecule has 4 nitrogen and oxygen atoms in total. The molecular weight excluding hydrogens is 577 g/mol. The van der Waals surface area contributed by atoms with E-state index < -0.39 is 16.1 Å². The van der Waals surface area contributed by atoms with E-state index in [1.165, 1.54) is 11.1 Å². The Morgan fingerprint density at radius 1 is 0.667 bits per heavy atom. The van der Waals surface area contributed by atoms with Crippen LogP contribution in [0.5, 0.6) is 0 Å². The molecule has 36 heavy (non-hydrogen) atoms. The van der Waals surface area contributed by atoms with Gasteiger partial charge >= 0.3 is 27.0 Å². The van der Waals surface area contributed by atoms with Crippen LogP contribution in [0.3, 0.4) is 0 Å². The molecule has 2 bridgehead atoms. The fraction of sp³-hybridized carbons (Fsp3) is 0.172. The molecule has 3 aliphatic rings. The van der Waals surface area contributed by atoms with Gasteiger partial charge in [0.15, 0.2) is 0 Å². The van der Waals surface area contributed by atoms with Crippen molar-refractivity contribution in [1.82, 2.24) is 0 Å². The van der Waals surface area contributed by atoms with Crippen LogP contribution in [-0.2, 0) is 27.3 Å². The summed E-state index contributed by atoms with van der Waals surface area (Å²) in [6, 6.07) is 34.3. The smallest absolute Gasteiger partial charge is 0.0623 e. The molecule has 0 heterocycles. The number of hydrogen-bond donors (Lipinski definition) is 1. The van der Waals surface area contributed by atoms with Gasteiger partial charge in [0.25, 0.3) is 0 Å². The van der Waals surface area contributed by atoms with Crippen molar-refractivity contribution in [3.63, 3.8) is 0 Å². The second-order valence-corrected chi connectivity index (χ2v) is 10.5. The van der Waals surface area contributed by atoms with Gasteiger partial charge in [0.05, 0.1) is 0 Å². The number of nitrogens with zero attached hydrogens (tertiary/aromatic N) is 1. The number of nitrogens with two attached hydrogens (primary N) is 1. The molecule has 0 radical (unpaired) electrons. The molecule has 0 unspecified atom stereocenters. The third-order valence-electron chi connectivity index (χ3n) is 6.70. The summed E-state index contributed by atoms with van der Waals surface area (Å²) in [5, 5.41) is 0. The van der Waals surface area contributed by atoms with Gasteiger partial charge < -0.3 is 10.5 Å². The third kappa shape index (κ3) is 5.34. The number of halogens is 1. The Balaban J connectivity index is 0.000000330. The van der Waals surface area contributed by atoms with Gasteiger partial charge in [-0.2, -0.15) is 0 Å². The van der Waals surface area contributed by atoms with Gasteiger partial charge in [-0.25, -0.2) is 8.42 Å². The van der Waals surface area contributed by atoms with Gasteiger partial charge in [0.2, 0.25) is 0 Å². The number of benzene rings is 4. The maximum Gasteiger partial charge on any atom is -0.0623 e. The monoisotopic (exact) mass is 604 g/mol. The van der Waals surface area contributed by atoms with Gasteiger partial charge in [-0.1, -0.05) is 109 Å². The predicted octanol–water partition coefficient (Wildman–Crippen LogP) is 6.42. The summed E-state index contributed by atoms with van der Waals surface area (Å²) in [5.41, 5.74) is 12.3. The minimum absolute atomic E-state index is 0.0423. The minimum atomic E-state index is -3.79. The van der Waals surface area contributed by atoms with E-state index in [0.29, 0.717) is 0 Å². The summed E-state index contributed by atoms with van der Waals surface area (Å²) in [4.78, 5) is 0.216. The molecule has 4 aromatic rings. The van der Waals surface area contributed by atoms with Crippen molar-refractivity contribution in [1.29, 1.82) is 0 Å². The molecule has 0 amide bonds. The standard InChI is InChI=1S/C23H21N2O2S.C6H6.ClH.Ru/c1-14-10-12-15(13-11-14)28(26,27)25-23-21-18-8-4-2-6-16(18)20(22(23)24)17-7-3-5-9-19(17)21;1-2-4-6-5-3-1;;/h2-13,20-23H,24H2,1H3;1-6H;1H;/q-1;;;+2/p-1/t20?,21?,22-,23+;;;/m1.../s1. The molecule has 2 atom stereocenters. The van der Waals surface area contributed by atoms with Crippen LogP contribution >= 0.6 is 9.69 Å². The van der Waals surface area contributed by atoms with Crippen molar-refractivity contribution in [2.24, 2.45) is 5.73 Å². The molecule has 7 rings (SSSR count). The summed E-state index contributed by atoms with van der Waals surface area (Å²) in [5.74, 6) is -0.188. The van der Waals surface area contributed by atoms with E-state index in [0.717, 1.165) is 16.7 Å². The van der Waals surface area contributed by atoms with E-state index in [1.807, 2.05) is 84.9 Å². The molecule has 7 heteroatoms. The molecule has 0 fully saturated rings. The number of aryl methyl sites for hydroxylation is 1. The SMILES string of the molecule is Cc1ccc(S(=O)(=O)[N-][C@H]2C3c4ccccc4C(c4ccccc43)[C@H]2N)cc1.[Cl][Ru+].c1ccccc1. The average molecular weight is 604 g/mol.